The molecule has 1 aliphatic heterocycles. The van der Waals surface area contributed by atoms with Crippen LogP contribution in [0.4, 0.5) is 0 Å². The van der Waals surface area contributed by atoms with Crippen LogP contribution in [0, 0.1) is 6.92 Å². The fourth-order valence-electron chi connectivity index (χ4n) is 5.41. The fourth-order valence-corrected chi connectivity index (χ4v) is 5.41. The molecule has 13 heteroatoms. The number of ether oxygens (including phenoxy) is 7. The van der Waals surface area contributed by atoms with Gasteiger partial charge in [0, 0.05) is 45.4 Å². The molecule has 0 bridgehead atoms. The van der Waals surface area contributed by atoms with Gasteiger partial charge in [0.25, 0.3) is 0 Å². The van der Waals surface area contributed by atoms with E-state index in [0.717, 1.165) is 36.2 Å². The van der Waals surface area contributed by atoms with Crippen molar-refractivity contribution in [2.75, 3.05) is 6.61 Å². The smallest absolute Gasteiger partial charge is 0.303 e. The summed E-state index contributed by atoms with van der Waals surface area (Å²) in [5, 5.41) is 7.49. The molecule has 0 unspecified atom stereocenters. The van der Waals surface area contributed by atoms with Crippen molar-refractivity contribution < 1.29 is 52.3 Å². The third-order valence-electron chi connectivity index (χ3n) is 7.60. The minimum Gasteiger partial charge on any atom is -0.489 e. The Hall–Kier alpha value is -4.91. The van der Waals surface area contributed by atoms with Gasteiger partial charge in [0.05, 0.1) is 0 Å². The summed E-state index contributed by atoms with van der Waals surface area (Å²) in [5.41, 5.74) is 4.51. The molecule has 5 atom stereocenters. The number of rotatable bonds is 13. The van der Waals surface area contributed by atoms with E-state index in [1.54, 1.807) is 0 Å². The monoisotopic (exact) mass is 666 g/mol. The lowest BCUT2D eigenvalue weighted by Gasteiger charge is -2.43. The van der Waals surface area contributed by atoms with Crippen molar-refractivity contribution in [2.24, 2.45) is 0 Å². The summed E-state index contributed by atoms with van der Waals surface area (Å²) < 4.78 is 40.5. The number of para-hydroxylation sites is 1. The molecule has 0 aliphatic carbocycles. The summed E-state index contributed by atoms with van der Waals surface area (Å²) in [6.45, 7) is 10.7. The molecular weight excluding hydrogens is 624 g/mol. The van der Waals surface area contributed by atoms with Gasteiger partial charge in [0.1, 0.15) is 25.1 Å². The van der Waals surface area contributed by atoms with Gasteiger partial charge in [-0.3, -0.25) is 24.3 Å². The van der Waals surface area contributed by atoms with Crippen molar-refractivity contribution in [3.05, 3.63) is 76.5 Å². The van der Waals surface area contributed by atoms with Crippen molar-refractivity contribution in [1.29, 1.82) is 0 Å². The second-order valence-corrected chi connectivity index (χ2v) is 11.8. The first kappa shape index (κ1) is 35.9. The van der Waals surface area contributed by atoms with E-state index in [1.165, 1.54) is 13.8 Å². The Morgan fingerprint density at radius 2 is 1.42 bits per heavy atom. The first-order valence-electron chi connectivity index (χ1n) is 15.6. The summed E-state index contributed by atoms with van der Waals surface area (Å²) in [6.07, 6.45) is -6.34. The molecule has 2 aromatic carbocycles. The molecule has 1 aromatic heterocycles. The number of aromatic nitrogens is 2. The van der Waals surface area contributed by atoms with Crippen LogP contribution in [0.1, 0.15) is 75.4 Å². The highest BCUT2D eigenvalue weighted by atomic mass is 16.7. The summed E-state index contributed by atoms with van der Waals surface area (Å²) in [6, 6.07) is 15.6. The number of nitrogens with one attached hydrogen (secondary N) is 1. The molecule has 2 heterocycles. The Bertz CT molecular complexity index is 1600. The maximum atomic E-state index is 12.3. The predicted octanol–water partition coefficient (Wildman–Crippen LogP) is 4.47. The molecule has 13 nitrogen and oxygen atoms in total. The number of carbonyl (C=O) groups is 4. The Kier molecular flexibility index (Phi) is 12.2. The van der Waals surface area contributed by atoms with E-state index in [4.69, 9.17) is 33.2 Å². The standard InChI is InChI=1S/C35H42N2O11/c1-19(2)30-27(16-25-13-10-11-15-28(25)43-17-26-14-9-8-12-20(26)3)34(37-36-30)48-35-33(46-24(7)41)32(45-23(6)40)31(44-22(5)39)29(47-35)18-42-21(4)38/h8-15,19,29,31-33,35H,16-18H2,1-7H3,(H,36,37)/t29-,31-,32+,33-,35+/m1/s1. The average molecular weight is 667 g/mol. The average Bonchev–Trinajstić information content (AvgIpc) is 3.40. The van der Waals surface area contributed by atoms with Gasteiger partial charge < -0.3 is 33.2 Å². The molecule has 0 saturated carbocycles. The molecule has 0 radical (unpaired) electrons. The number of esters is 4. The number of aromatic amines is 1. The molecule has 0 spiro atoms. The van der Waals surface area contributed by atoms with Gasteiger partial charge in [0.15, 0.2) is 12.2 Å². The number of aryl methyl sites for hydroxylation is 1. The summed E-state index contributed by atoms with van der Waals surface area (Å²) >= 11 is 0. The lowest BCUT2D eigenvalue weighted by atomic mass is 9.97. The van der Waals surface area contributed by atoms with E-state index in [9.17, 15) is 19.2 Å². The van der Waals surface area contributed by atoms with Crippen LogP contribution in [0.5, 0.6) is 11.6 Å². The maximum Gasteiger partial charge on any atom is 0.303 e. The first-order valence-corrected chi connectivity index (χ1v) is 15.6. The molecule has 48 heavy (non-hydrogen) atoms. The highest BCUT2D eigenvalue weighted by Gasteiger charge is 2.53. The lowest BCUT2D eigenvalue weighted by Crippen LogP contribution is -2.63. The normalized spacial score (nSPS) is 20.5. The van der Waals surface area contributed by atoms with Crippen molar-refractivity contribution in [3.8, 4) is 11.6 Å². The Morgan fingerprint density at radius 1 is 0.812 bits per heavy atom. The van der Waals surface area contributed by atoms with Crippen LogP contribution in [0.25, 0.3) is 0 Å². The summed E-state index contributed by atoms with van der Waals surface area (Å²) in [7, 11) is 0. The molecule has 1 N–H and O–H groups in total. The number of nitrogens with zero attached hydrogens (tertiary/aromatic N) is 1. The minimum absolute atomic E-state index is 0.000275. The van der Waals surface area contributed by atoms with Crippen molar-refractivity contribution >= 4 is 23.9 Å². The third-order valence-corrected chi connectivity index (χ3v) is 7.60. The van der Waals surface area contributed by atoms with E-state index in [2.05, 4.69) is 10.2 Å². The van der Waals surface area contributed by atoms with Crippen LogP contribution in [0.3, 0.4) is 0 Å². The molecule has 1 saturated heterocycles. The van der Waals surface area contributed by atoms with Crippen molar-refractivity contribution in [1.82, 2.24) is 10.2 Å². The van der Waals surface area contributed by atoms with Gasteiger partial charge in [-0.2, -0.15) is 0 Å². The maximum absolute atomic E-state index is 12.3. The number of benzene rings is 2. The zero-order valence-corrected chi connectivity index (χ0v) is 28.1. The van der Waals surface area contributed by atoms with Crippen LogP contribution in [0.15, 0.2) is 48.5 Å². The van der Waals surface area contributed by atoms with E-state index >= 15 is 0 Å². The molecule has 3 aromatic rings. The van der Waals surface area contributed by atoms with E-state index in [0.29, 0.717) is 24.3 Å². The molecule has 0 amide bonds. The third kappa shape index (κ3) is 9.34. The fraction of sp³-hybridized carbons (Fsp3) is 0.457. The van der Waals surface area contributed by atoms with Crippen molar-refractivity contribution in [2.45, 2.75) is 98.1 Å². The molecule has 1 aliphatic rings. The van der Waals surface area contributed by atoms with Gasteiger partial charge in [0.2, 0.25) is 18.3 Å². The second-order valence-electron chi connectivity index (χ2n) is 11.8. The molecule has 1 fully saturated rings. The molecular formula is C35H42N2O11. The van der Waals surface area contributed by atoms with Crippen LogP contribution >= 0.6 is 0 Å². The van der Waals surface area contributed by atoms with E-state index in [-0.39, 0.29) is 18.4 Å². The van der Waals surface area contributed by atoms with Gasteiger partial charge in [-0.1, -0.05) is 56.3 Å². The Labute approximate surface area is 279 Å². The van der Waals surface area contributed by atoms with E-state index < -0.39 is 54.6 Å². The first-order chi connectivity index (χ1) is 22.8. The van der Waals surface area contributed by atoms with Gasteiger partial charge >= 0.3 is 23.9 Å². The minimum atomic E-state index is -1.43. The van der Waals surface area contributed by atoms with E-state index in [1.807, 2.05) is 69.3 Å². The highest BCUT2D eigenvalue weighted by Crippen LogP contribution is 2.35. The second kappa shape index (κ2) is 16.3. The SMILES string of the molecule is CC(=O)OC[C@H]1O[C@@H](Oc2n[nH]c(C(C)C)c2Cc2ccccc2OCc2ccccc2C)[C@H](OC(C)=O)[C@@H](OC(C)=O)[C@@H]1OC(C)=O. The zero-order chi connectivity index (χ0) is 35.0. The van der Waals surface area contributed by atoms with Crippen LogP contribution < -0.4 is 9.47 Å². The van der Waals surface area contributed by atoms with Gasteiger partial charge in [-0.05, 0) is 35.6 Å². The number of carbonyl (C=O) groups excluding carboxylic acids is 4. The predicted molar refractivity (Wildman–Crippen MR) is 170 cm³/mol. The Balaban J connectivity index is 1.70. The number of hydrogen-bond donors (Lipinski definition) is 1. The van der Waals surface area contributed by atoms with Crippen LogP contribution in [-0.4, -0.2) is 71.4 Å². The Morgan fingerprint density at radius 3 is 2.04 bits per heavy atom. The number of hydrogen-bond acceptors (Lipinski definition) is 12. The number of H-pyrrole nitrogens is 1. The highest BCUT2D eigenvalue weighted by molar-refractivity contribution is 5.68. The molecule has 258 valence electrons. The lowest BCUT2D eigenvalue weighted by molar-refractivity contribution is -0.289. The van der Waals surface area contributed by atoms with Gasteiger partial charge in [-0.15, -0.1) is 5.10 Å². The summed E-state index contributed by atoms with van der Waals surface area (Å²) in [5.74, 6) is -2.02. The zero-order valence-electron chi connectivity index (χ0n) is 28.1. The van der Waals surface area contributed by atoms with Crippen molar-refractivity contribution in [3.63, 3.8) is 0 Å². The quantitative estimate of drug-likeness (QED) is 0.202. The molecule has 4 rings (SSSR count). The van der Waals surface area contributed by atoms with Crippen LogP contribution in [-0.2, 0) is 55.9 Å². The topological polar surface area (TPSA) is 162 Å². The summed E-state index contributed by atoms with van der Waals surface area (Å²) in [4.78, 5) is 48.4. The van der Waals surface area contributed by atoms with Gasteiger partial charge in [-0.25, -0.2) is 0 Å². The van der Waals surface area contributed by atoms with Crippen LogP contribution in [0.2, 0.25) is 0 Å². The largest absolute Gasteiger partial charge is 0.489 e.